The number of aromatic nitrogens is 1. The number of hydrogen-bond acceptors (Lipinski definition) is 3. The van der Waals surface area contributed by atoms with E-state index in [1.807, 2.05) is 18.2 Å². The Morgan fingerprint density at radius 2 is 2.00 bits per heavy atom. The normalized spacial score (nSPS) is 10.1. The topological polar surface area (TPSA) is 51.2 Å². The predicted octanol–water partition coefficient (Wildman–Crippen LogP) is 2.60. The zero-order valence-corrected chi connectivity index (χ0v) is 11.9. The van der Waals surface area contributed by atoms with E-state index >= 15 is 0 Å². The molecule has 1 heterocycles. The molecule has 5 heteroatoms. The van der Waals surface area contributed by atoms with Gasteiger partial charge in [-0.2, -0.15) is 0 Å². The number of carbonyl (C=O) groups excluding carboxylic acids is 1. The summed E-state index contributed by atoms with van der Waals surface area (Å²) in [5.74, 6) is 0.498. The minimum absolute atomic E-state index is 0.0388. The molecule has 2 rings (SSSR count). The summed E-state index contributed by atoms with van der Waals surface area (Å²) in [4.78, 5) is 15.8. The Labute approximate surface area is 122 Å². The second-order valence-electron chi connectivity index (χ2n) is 4.29. The summed E-state index contributed by atoms with van der Waals surface area (Å²) < 4.78 is 5.03. The van der Waals surface area contributed by atoms with Gasteiger partial charge in [-0.05, 0) is 29.3 Å². The third kappa shape index (κ3) is 4.24. The zero-order chi connectivity index (χ0) is 14.4. The smallest absolute Gasteiger partial charge is 0.224 e. The second kappa shape index (κ2) is 6.91. The molecule has 1 amide bonds. The van der Waals surface area contributed by atoms with Crippen molar-refractivity contribution in [3.8, 4) is 5.88 Å². The van der Waals surface area contributed by atoms with Crippen LogP contribution >= 0.6 is 11.6 Å². The number of halogens is 1. The maximum atomic E-state index is 11.8. The standard InChI is InChI=1S/C15H15ClN2O2/c1-20-15-9-12(6-7-17-15)10-18-14(19)8-11-2-4-13(16)5-3-11/h2-7,9H,8,10H2,1H3,(H,18,19). The minimum atomic E-state index is -0.0388. The van der Waals surface area contributed by atoms with Crippen LogP contribution in [0.25, 0.3) is 0 Å². The van der Waals surface area contributed by atoms with Crippen LogP contribution in [0.2, 0.25) is 5.02 Å². The summed E-state index contributed by atoms with van der Waals surface area (Å²) in [7, 11) is 1.56. The third-order valence-electron chi connectivity index (χ3n) is 2.78. The molecule has 20 heavy (non-hydrogen) atoms. The van der Waals surface area contributed by atoms with Gasteiger partial charge in [0.15, 0.2) is 0 Å². The van der Waals surface area contributed by atoms with Crippen LogP contribution in [0.5, 0.6) is 5.88 Å². The highest BCUT2D eigenvalue weighted by Crippen LogP contribution is 2.10. The number of hydrogen-bond donors (Lipinski definition) is 1. The molecule has 0 radical (unpaired) electrons. The Hall–Kier alpha value is -2.07. The van der Waals surface area contributed by atoms with Crippen LogP contribution in [0.3, 0.4) is 0 Å². The maximum Gasteiger partial charge on any atom is 0.224 e. The number of benzene rings is 1. The van der Waals surface area contributed by atoms with Gasteiger partial charge < -0.3 is 10.1 Å². The van der Waals surface area contributed by atoms with Gasteiger partial charge in [0, 0.05) is 23.8 Å². The van der Waals surface area contributed by atoms with Crippen molar-refractivity contribution < 1.29 is 9.53 Å². The van der Waals surface area contributed by atoms with Gasteiger partial charge in [0.1, 0.15) is 0 Å². The molecule has 0 saturated carbocycles. The van der Waals surface area contributed by atoms with E-state index in [4.69, 9.17) is 16.3 Å². The van der Waals surface area contributed by atoms with Crippen LogP contribution in [0.1, 0.15) is 11.1 Å². The van der Waals surface area contributed by atoms with Gasteiger partial charge in [0.05, 0.1) is 13.5 Å². The van der Waals surface area contributed by atoms with Gasteiger partial charge in [-0.15, -0.1) is 0 Å². The molecule has 0 aliphatic rings. The molecule has 0 bridgehead atoms. The lowest BCUT2D eigenvalue weighted by atomic mass is 10.1. The highest BCUT2D eigenvalue weighted by molar-refractivity contribution is 6.30. The van der Waals surface area contributed by atoms with E-state index in [1.54, 1.807) is 31.5 Å². The lowest BCUT2D eigenvalue weighted by Crippen LogP contribution is -2.24. The maximum absolute atomic E-state index is 11.8. The zero-order valence-electron chi connectivity index (χ0n) is 11.1. The fraction of sp³-hybridized carbons (Fsp3) is 0.200. The summed E-state index contributed by atoms with van der Waals surface area (Å²) in [6.45, 7) is 0.450. The van der Waals surface area contributed by atoms with E-state index in [-0.39, 0.29) is 5.91 Å². The molecule has 0 aliphatic heterocycles. The van der Waals surface area contributed by atoms with E-state index in [1.165, 1.54) is 0 Å². The van der Waals surface area contributed by atoms with Crippen LogP contribution in [0, 0.1) is 0 Å². The van der Waals surface area contributed by atoms with Gasteiger partial charge >= 0.3 is 0 Å². The molecular weight excluding hydrogens is 276 g/mol. The quantitative estimate of drug-likeness (QED) is 0.921. The Balaban J connectivity index is 1.87. The highest BCUT2D eigenvalue weighted by atomic mass is 35.5. The van der Waals surface area contributed by atoms with Crippen LogP contribution in [0.15, 0.2) is 42.6 Å². The fourth-order valence-corrected chi connectivity index (χ4v) is 1.85. The highest BCUT2D eigenvalue weighted by Gasteiger charge is 2.04. The molecule has 0 saturated heterocycles. The summed E-state index contributed by atoms with van der Waals surface area (Å²) in [5, 5.41) is 3.52. The van der Waals surface area contributed by atoms with Crippen molar-refractivity contribution in [3.05, 3.63) is 58.7 Å². The van der Waals surface area contributed by atoms with E-state index in [2.05, 4.69) is 10.3 Å². The molecule has 0 unspecified atom stereocenters. The van der Waals surface area contributed by atoms with E-state index < -0.39 is 0 Å². The molecule has 0 aliphatic carbocycles. The number of amides is 1. The molecule has 0 spiro atoms. The first-order chi connectivity index (χ1) is 9.67. The van der Waals surface area contributed by atoms with Crippen molar-refractivity contribution in [2.75, 3.05) is 7.11 Å². The average Bonchev–Trinajstić information content (AvgIpc) is 2.48. The molecule has 1 N–H and O–H groups in total. The summed E-state index contributed by atoms with van der Waals surface area (Å²) in [6.07, 6.45) is 1.99. The average molecular weight is 291 g/mol. The van der Waals surface area contributed by atoms with Gasteiger partial charge in [0.2, 0.25) is 11.8 Å². The number of pyridine rings is 1. The van der Waals surface area contributed by atoms with Gasteiger partial charge in [0.25, 0.3) is 0 Å². The van der Waals surface area contributed by atoms with Crippen LogP contribution in [0.4, 0.5) is 0 Å². The van der Waals surface area contributed by atoms with Crippen molar-refractivity contribution in [2.24, 2.45) is 0 Å². The molecule has 2 aromatic rings. The summed E-state index contributed by atoms with van der Waals surface area (Å²) in [5.41, 5.74) is 1.88. The molecule has 0 atom stereocenters. The van der Waals surface area contributed by atoms with E-state index in [0.29, 0.717) is 23.9 Å². The monoisotopic (exact) mass is 290 g/mol. The van der Waals surface area contributed by atoms with Gasteiger partial charge in [-0.25, -0.2) is 4.98 Å². The van der Waals surface area contributed by atoms with Gasteiger partial charge in [-0.3, -0.25) is 4.79 Å². The Morgan fingerprint density at radius 3 is 2.70 bits per heavy atom. The SMILES string of the molecule is COc1cc(CNC(=O)Cc2ccc(Cl)cc2)ccn1. The van der Waals surface area contributed by atoms with Crippen molar-refractivity contribution in [3.63, 3.8) is 0 Å². The molecule has 0 fully saturated rings. The van der Waals surface area contributed by atoms with E-state index in [9.17, 15) is 4.79 Å². The number of carbonyl (C=O) groups is 1. The second-order valence-corrected chi connectivity index (χ2v) is 4.72. The van der Waals surface area contributed by atoms with E-state index in [0.717, 1.165) is 11.1 Å². The number of methoxy groups -OCH3 is 1. The Bertz CT molecular complexity index is 585. The fourth-order valence-electron chi connectivity index (χ4n) is 1.72. The van der Waals surface area contributed by atoms with Crippen LogP contribution in [-0.4, -0.2) is 18.0 Å². The largest absolute Gasteiger partial charge is 0.481 e. The minimum Gasteiger partial charge on any atom is -0.481 e. The van der Waals surface area contributed by atoms with Crippen molar-refractivity contribution in [1.82, 2.24) is 10.3 Å². The molecule has 1 aromatic heterocycles. The first kappa shape index (κ1) is 14.3. The number of rotatable bonds is 5. The molecule has 1 aromatic carbocycles. The first-order valence-corrected chi connectivity index (χ1v) is 6.55. The predicted molar refractivity (Wildman–Crippen MR) is 77.8 cm³/mol. The van der Waals surface area contributed by atoms with Gasteiger partial charge in [-0.1, -0.05) is 23.7 Å². The molecule has 104 valence electrons. The summed E-state index contributed by atoms with van der Waals surface area (Å²) >= 11 is 5.80. The number of nitrogens with zero attached hydrogens (tertiary/aromatic N) is 1. The van der Waals surface area contributed by atoms with Crippen LogP contribution < -0.4 is 10.1 Å². The van der Waals surface area contributed by atoms with Crippen molar-refractivity contribution in [2.45, 2.75) is 13.0 Å². The van der Waals surface area contributed by atoms with Crippen LogP contribution in [-0.2, 0) is 17.8 Å². The summed E-state index contributed by atoms with van der Waals surface area (Å²) in [6, 6.07) is 10.9. The Morgan fingerprint density at radius 1 is 1.25 bits per heavy atom. The third-order valence-corrected chi connectivity index (χ3v) is 3.03. The molecule has 4 nitrogen and oxygen atoms in total. The number of ether oxygens (including phenoxy) is 1. The number of nitrogens with one attached hydrogen (secondary N) is 1. The van der Waals surface area contributed by atoms with Crippen molar-refractivity contribution >= 4 is 17.5 Å². The first-order valence-electron chi connectivity index (χ1n) is 6.17. The lowest BCUT2D eigenvalue weighted by molar-refractivity contribution is -0.120. The van der Waals surface area contributed by atoms with Crippen molar-refractivity contribution in [1.29, 1.82) is 0 Å². The lowest BCUT2D eigenvalue weighted by Gasteiger charge is -2.06. The molecular formula is C15H15ClN2O2. The Kier molecular flexibility index (Phi) is 4.96.